The molecular weight excluding hydrogens is 1030 g/mol. The molecule has 0 aliphatic carbocycles. The Morgan fingerprint density at radius 1 is 0.714 bits per heavy atom. The molecule has 4 amide bonds. The summed E-state index contributed by atoms with van der Waals surface area (Å²) < 4.78 is 44.5. The largest absolute Gasteiger partial charge is 0.481 e. The van der Waals surface area contributed by atoms with Crippen molar-refractivity contribution in [2.45, 2.75) is 50.6 Å². The van der Waals surface area contributed by atoms with Crippen molar-refractivity contribution in [3.8, 4) is 0 Å². The van der Waals surface area contributed by atoms with Gasteiger partial charge in [0, 0.05) is 38.2 Å². The number of urea groups is 2. The van der Waals surface area contributed by atoms with Gasteiger partial charge in [-0.3, -0.25) is 25.0 Å². The molecule has 1 aromatic carbocycles. The van der Waals surface area contributed by atoms with Crippen molar-refractivity contribution in [1.82, 2.24) is 30.8 Å². The first-order valence-electron chi connectivity index (χ1n) is 24.2. The van der Waals surface area contributed by atoms with Gasteiger partial charge in [-0.2, -0.15) is 5.11 Å². The molecule has 77 heavy (non-hydrogen) atoms. The number of non-ortho nitro benzene ring substituents is 1. The third-order valence-corrected chi connectivity index (χ3v) is 9.99. The fraction of sp³-hybridized carbons (Fsp3) is 0.614. The number of unbranched alkanes of at least 4 members (excludes halogenated alkanes) is 1. The van der Waals surface area contributed by atoms with Crippen molar-refractivity contribution >= 4 is 53.1 Å². The number of carboxylic acid groups (broad SMARTS) is 3. The highest BCUT2D eigenvalue weighted by atomic mass is 16.6. The van der Waals surface area contributed by atoms with Crippen LogP contribution in [-0.2, 0) is 58.7 Å². The van der Waals surface area contributed by atoms with Gasteiger partial charge in [-0.15, -0.1) is 0 Å². The van der Waals surface area contributed by atoms with Crippen LogP contribution in [0.4, 0.5) is 31.4 Å². The maximum absolute atomic E-state index is 12.4. The van der Waals surface area contributed by atoms with Crippen molar-refractivity contribution in [2.24, 2.45) is 5.11 Å². The number of nitro benzene ring substituents is 2. The van der Waals surface area contributed by atoms with Gasteiger partial charge < -0.3 is 85.1 Å². The third kappa shape index (κ3) is 31.8. The van der Waals surface area contributed by atoms with Gasteiger partial charge in [0.05, 0.1) is 127 Å². The fourth-order valence-electron chi connectivity index (χ4n) is 6.10. The first-order chi connectivity index (χ1) is 37.1. The van der Waals surface area contributed by atoms with Crippen LogP contribution in [0.3, 0.4) is 0 Å². The highest BCUT2D eigenvalue weighted by Crippen LogP contribution is 2.29. The minimum absolute atomic E-state index is 0.00153. The SMILES string of the molecule is N=NC(=C[NH2+]CCc1cn(C(=O)OCCOCCOCCOCCOCCOCCOCCOCCNC(=O)NCCCCC(NC(=O)NC(CCC(=O)O)C(=O)O)C(=O)O)cn1)CNc1ccc([N+](=O)[O-])cc1[N+](=O)[O-]. The van der Waals surface area contributed by atoms with E-state index in [-0.39, 0.29) is 70.3 Å². The summed E-state index contributed by atoms with van der Waals surface area (Å²) in [6.45, 7) is 5.46. The number of rotatable bonds is 46. The predicted molar refractivity (Wildman–Crippen MR) is 263 cm³/mol. The number of quaternary nitrogens is 1. The number of benzene rings is 1. The van der Waals surface area contributed by atoms with Crippen LogP contribution in [0.15, 0.2) is 47.7 Å². The van der Waals surface area contributed by atoms with E-state index < -0.39 is 75.8 Å². The molecule has 0 saturated heterocycles. The molecule has 11 N–H and O–H groups in total. The lowest BCUT2D eigenvalue weighted by molar-refractivity contribution is -0.588. The number of hydrogen-bond donors (Lipinski definition) is 10. The highest BCUT2D eigenvalue weighted by molar-refractivity contribution is 5.86. The molecule has 430 valence electrons. The first-order valence-corrected chi connectivity index (χ1v) is 24.2. The second-order valence-electron chi connectivity index (χ2n) is 15.8. The van der Waals surface area contributed by atoms with Crippen LogP contribution in [0.2, 0.25) is 0 Å². The number of nitrogens with one attached hydrogen (secondary N) is 6. The van der Waals surface area contributed by atoms with Crippen molar-refractivity contribution < 1.29 is 97.1 Å². The maximum atomic E-state index is 12.4. The van der Waals surface area contributed by atoms with E-state index in [2.05, 4.69) is 36.7 Å². The lowest BCUT2D eigenvalue weighted by Gasteiger charge is -2.18. The number of imidazole rings is 1. The summed E-state index contributed by atoms with van der Waals surface area (Å²) in [5, 5.41) is 66.9. The number of nitrogens with two attached hydrogens (primary N) is 1. The Kier molecular flexibility index (Phi) is 34.7. The molecule has 0 radical (unpaired) electrons. The topological polar surface area (TPSA) is 454 Å². The number of aromatic nitrogens is 2. The summed E-state index contributed by atoms with van der Waals surface area (Å²) in [6.07, 6.45) is 4.05. The Morgan fingerprint density at radius 3 is 1.77 bits per heavy atom. The van der Waals surface area contributed by atoms with Gasteiger partial charge >= 0.3 is 36.1 Å². The van der Waals surface area contributed by atoms with Crippen LogP contribution in [0.25, 0.3) is 0 Å². The molecule has 0 aliphatic heterocycles. The molecule has 0 saturated carbocycles. The smallest absolute Gasteiger partial charge is 0.419 e. The molecule has 2 aromatic rings. The maximum Gasteiger partial charge on any atom is 0.419 e. The van der Waals surface area contributed by atoms with Crippen molar-refractivity contribution in [3.63, 3.8) is 0 Å². The second kappa shape index (κ2) is 40.7. The quantitative estimate of drug-likeness (QED) is 0.0186. The van der Waals surface area contributed by atoms with E-state index in [1.54, 1.807) is 11.5 Å². The molecule has 2 unspecified atom stereocenters. The van der Waals surface area contributed by atoms with Gasteiger partial charge in [0.2, 0.25) is 0 Å². The zero-order valence-electron chi connectivity index (χ0n) is 42.3. The zero-order chi connectivity index (χ0) is 56.5. The lowest BCUT2D eigenvalue weighted by Crippen LogP contribution is -2.78. The van der Waals surface area contributed by atoms with Gasteiger partial charge in [-0.05, 0) is 31.7 Å². The summed E-state index contributed by atoms with van der Waals surface area (Å²) in [7, 11) is 0. The van der Waals surface area contributed by atoms with Crippen LogP contribution in [0.5, 0.6) is 0 Å². The monoisotopic (exact) mass is 1100 g/mol. The molecule has 2 atom stereocenters. The standard InChI is InChI=1S/C44H68N12O21/c45-53-33(29-49-35-5-4-34(55(66)67)27-38(35)56(68)69)28-46-10-8-32-30-54(31-50-32)44(65)77-26-25-76-24-23-75-22-21-74-20-19-73-18-17-72-16-15-71-14-13-70-12-11-48-42(63)47-9-2-1-3-36(40(59)60)51-43(64)52-37(41(61)62)6-7-39(57)58/h4-5,27-28,30-31,36-37,45-46,49H,1-3,6-26,29H2,(H,57,58)(H,59,60)(H,61,62)(H2,47,48,63)(H2,51,52,64)/p+1. The van der Waals surface area contributed by atoms with Gasteiger partial charge in [0.15, 0.2) is 0 Å². The Bertz CT molecular complexity index is 2170. The Morgan fingerprint density at radius 2 is 1.25 bits per heavy atom. The summed E-state index contributed by atoms with van der Waals surface area (Å²) >= 11 is 0. The van der Waals surface area contributed by atoms with Crippen LogP contribution < -0.4 is 31.9 Å². The number of nitro groups is 2. The van der Waals surface area contributed by atoms with E-state index in [1.165, 1.54) is 23.2 Å². The number of carbonyl (C=O) groups excluding carboxylic acids is 3. The van der Waals surface area contributed by atoms with Crippen molar-refractivity contribution in [3.05, 3.63) is 68.5 Å². The molecule has 33 nitrogen and oxygen atoms in total. The van der Waals surface area contributed by atoms with E-state index in [0.29, 0.717) is 104 Å². The van der Waals surface area contributed by atoms with Crippen molar-refractivity contribution in [1.29, 1.82) is 5.53 Å². The number of carboxylic acids is 3. The summed E-state index contributed by atoms with van der Waals surface area (Å²) in [5.41, 5.74) is 7.38. The van der Waals surface area contributed by atoms with Crippen molar-refractivity contribution in [2.75, 3.05) is 131 Å². The van der Waals surface area contributed by atoms with Gasteiger partial charge in [0.1, 0.15) is 42.6 Å². The normalized spacial score (nSPS) is 12.0. The van der Waals surface area contributed by atoms with E-state index in [4.69, 9.17) is 53.6 Å². The number of amides is 4. The summed E-state index contributed by atoms with van der Waals surface area (Å²) in [5.74, 6) is -4.04. The van der Waals surface area contributed by atoms with E-state index >= 15 is 0 Å². The lowest BCUT2D eigenvalue weighted by atomic mass is 10.1. The molecule has 0 bridgehead atoms. The van der Waals surface area contributed by atoms with Gasteiger partial charge in [-0.1, -0.05) is 0 Å². The van der Waals surface area contributed by atoms with Gasteiger partial charge in [-0.25, -0.2) is 39.1 Å². The molecule has 0 aliphatic rings. The average molecular weight is 1100 g/mol. The first kappa shape index (κ1) is 65.6. The molecule has 0 fully saturated rings. The molecule has 1 heterocycles. The van der Waals surface area contributed by atoms with Crippen LogP contribution in [0, 0.1) is 25.8 Å². The molecule has 33 heteroatoms. The molecular formula is C44H69N12O21+. The number of nitrogens with zero attached hydrogens (tertiary/aromatic N) is 5. The summed E-state index contributed by atoms with van der Waals surface area (Å²) in [4.78, 5) is 94.9. The Labute approximate surface area is 440 Å². The van der Waals surface area contributed by atoms with Crippen LogP contribution in [0.1, 0.15) is 37.8 Å². The minimum atomic E-state index is -1.50. The number of carbonyl (C=O) groups is 6. The zero-order valence-corrected chi connectivity index (χ0v) is 42.3. The second-order valence-corrected chi connectivity index (χ2v) is 15.8. The van der Waals surface area contributed by atoms with E-state index in [1.807, 2.05) is 0 Å². The van der Waals surface area contributed by atoms with E-state index in [0.717, 1.165) is 12.1 Å². The Hall–Kier alpha value is -7.53. The fourth-order valence-corrected chi connectivity index (χ4v) is 6.10. The minimum Gasteiger partial charge on any atom is -0.481 e. The highest BCUT2D eigenvalue weighted by Gasteiger charge is 2.25. The number of aliphatic carboxylic acids is 3. The number of ether oxygens (including phenoxy) is 8. The molecule has 0 spiro atoms. The number of anilines is 1. The average Bonchev–Trinajstić information content (AvgIpc) is 3.88. The van der Waals surface area contributed by atoms with Crippen LogP contribution >= 0.6 is 0 Å². The number of hydrogen-bond acceptors (Lipinski definition) is 22. The predicted octanol–water partition coefficient (Wildman–Crippen LogP) is 0.431. The Balaban J connectivity index is 1.33. The van der Waals surface area contributed by atoms with Gasteiger partial charge in [0.25, 0.3) is 11.4 Å². The molecule has 1 aromatic heterocycles. The third-order valence-electron chi connectivity index (χ3n) is 9.99. The summed E-state index contributed by atoms with van der Waals surface area (Å²) in [6, 6.07) is -1.14. The van der Waals surface area contributed by atoms with E-state index in [9.17, 15) is 54.1 Å². The van der Waals surface area contributed by atoms with Crippen LogP contribution in [-0.4, -0.2) is 208 Å². The molecule has 2 rings (SSSR count).